The molecule has 1 heterocycles. The van der Waals surface area contributed by atoms with Crippen LogP contribution < -0.4 is 0 Å². The van der Waals surface area contributed by atoms with Crippen LogP contribution in [0.4, 0.5) is 0 Å². The average molecular weight is 346 g/mol. The van der Waals surface area contributed by atoms with Crippen molar-refractivity contribution in [1.29, 1.82) is 0 Å². The largest absolute Gasteiger partial charge is 0.481 e. The second kappa shape index (κ2) is 9.20. The van der Waals surface area contributed by atoms with Gasteiger partial charge in [0, 0.05) is 44.6 Å². The summed E-state index contributed by atoms with van der Waals surface area (Å²) in [5, 5.41) is 8.60. The number of unbranched alkanes of at least 4 members (excludes halogenated alkanes) is 1. The van der Waals surface area contributed by atoms with Gasteiger partial charge >= 0.3 is 5.97 Å². The molecule has 1 aliphatic rings. The number of aryl methyl sites for hydroxylation is 1. The summed E-state index contributed by atoms with van der Waals surface area (Å²) < 4.78 is 0. The molecule has 0 aromatic heterocycles. The van der Waals surface area contributed by atoms with E-state index < -0.39 is 5.97 Å². The van der Waals surface area contributed by atoms with E-state index >= 15 is 0 Å². The minimum Gasteiger partial charge on any atom is -0.481 e. The minimum atomic E-state index is -0.827. The Labute approximate surface area is 148 Å². The Morgan fingerprint density at radius 1 is 0.920 bits per heavy atom. The molecule has 0 bridgehead atoms. The number of carboxylic acids is 1. The molecule has 1 aromatic rings. The van der Waals surface area contributed by atoms with Crippen LogP contribution in [0.5, 0.6) is 0 Å². The molecule has 0 radical (unpaired) electrons. The van der Waals surface area contributed by atoms with Gasteiger partial charge in [-0.15, -0.1) is 0 Å². The summed E-state index contributed by atoms with van der Waals surface area (Å²) in [5.41, 5.74) is 1.89. The molecule has 0 unspecified atom stereocenters. The summed E-state index contributed by atoms with van der Waals surface area (Å²) in [7, 11) is 0. The number of hydrogen-bond donors (Lipinski definition) is 1. The molecule has 0 spiro atoms. The van der Waals surface area contributed by atoms with Gasteiger partial charge < -0.3 is 14.9 Å². The van der Waals surface area contributed by atoms with Gasteiger partial charge in [0.15, 0.2) is 0 Å². The van der Waals surface area contributed by atoms with Gasteiger partial charge in [0.05, 0.1) is 0 Å². The number of hydrogen-bond acceptors (Lipinski definition) is 3. The summed E-state index contributed by atoms with van der Waals surface area (Å²) in [4.78, 5) is 38.7. The fourth-order valence-corrected chi connectivity index (χ4v) is 2.94. The van der Waals surface area contributed by atoms with Crippen molar-refractivity contribution in [3.8, 4) is 0 Å². The second-order valence-corrected chi connectivity index (χ2v) is 6.32. The Hall–Kier alpha value is -2.37. The Kier molecular flexibility index (Phi) is 6.98. The zero-order valence-corrected chi connectivity index (χ0v) is 14.7. The molecule has 25 heavy (non-hydrogen) atoms. The van der Waals surface area contributed by atoms with Gasteiger partial charge in [-0.05, 0) is 37.0 Å². The molecule has 1 aromatic carbocycles. The third kappa shape index (κ3) is 5.59. The number of carboxylic acid groups (broad SMARTS) is 1. The van der Waals surface area contributed by atoms with Crippen LogP contribution in [0.3, 0.4) is 0 Å². The lowest BCUT2D eigenvalue weighted by Gasteiger charge is -2.35. The Morgan fingerprint density at radius 3 is 2.04 bits per heavy atom. The smallest absolute Gasteiger partial charge is 0.303 e. The minimum absolute atomic E-state index is 0.0104. The molecule has 0 aliphatic carbocycles. The molecule has 1 fully saturated rings. The van der Waals surface area contributed by atoms with Gasteiger partial charge in [0.2, 0.25) is 5.91 Å². The molecular formula is C19H26N2O4. The van der Waals surface area contributed by atoms with E-state index in [9.17, 15) is 14.4 Å². The third-order valence-electron chi connectivity index (χ3n) is 4.56. The average Bonchev–Trinajstić information content (AvgIpc) is 2.64. The van der Waals surface area contributed by atoms with Crippen LogP contribution in [0.25, 0.3) is 0 Å². The fraction of sp³-hybridized carbons (Fsp3) is 0.526. The van der Waals surface area contributed by atoms with Gasteiger partial charge in [0.25, 0.3) is 5.91 Å². The molecule has 0 saturated carbocycles. The number of nitrogens with zero attached hydrogens (tertiary/aromatic N) is 2. The van der Waals surface area contributed by atoms with Crippen LogP contribution in [0.2, 0.25) is 0 Å². The predicted molar refractivity (Wildman–Crippen MR) is 94.4 cm³/mol. The highest BCUT2D eigenvalue weighted by Crippen LogP contribution is 2.12. The Morgan fingerprint density at radius 2 is 1.48 bits per heavy atom. The van der Waals surface area contributed by atoms with Crippen molar-refractivity contribution >= 4 is 17.8 Å². The van der Waals surface area contributed by atoms with Crippen LogP contribution in [0.15, 0.2) is 24.3 Å². The maximum Gasteiger partial charge on any atom is 0.303 e. The van der Waals surface area contributed by atoms with Crippen molar-refractivity contribution in [3.05, 3.63) is 35.4 Å². The summed E-state index contributed by atoms with van der Waals surface area (Å²) in [6, 6.07) is 7.68. The quantitative estimate of drug-likeness (QED) is 0.768. The zero-order chi connectivity index (χ0) is 18.2. The van der Waals surface area contributed by atoms with Crippen molar-refractivity contribution in [3.63, 3.8) is 0 Å². The summed E-state index contributed by atoms with van der Waals surface area (Å²) >= 11 is 0. The molecule has 1 aliphatic heterocycles. The topological polar surface area (TPSA) is 77.9 Å². The lowest BCUT2D eigenvalue weighted by molar-refractivity contribution is -0.137. The molecule has 2 rings (SSSR count). The van der Waals surface area contributed by atoms with Gasteiger partial charge in [-0.2, -0.15) is 0 Å². The van der Waals surface area contributed by atoms with Crippen molar-refractivity contribution in [2.75, 3.05) is 26.2 Å². The number of carbonyl (C=O) groups excluding carboxylic acids is 2. The Bertz CT molecular complexity index is 604. The maximum atomic E-state index is 12.5. The number of amides is 2. The van der Waals surface area contributed by atoms with Gasteiger partial charge in [-0.25, -0.2) is 0 Å². The summed E-state index contributed by atoms with van der Waals surface area (Å²) in [6.45, 7) is 4.23. The SMILES string of the molecule is CCc1ccc(C(=O)N2CCN(C(=O)CCCCC(=O)O)CC2)cc1. The molecular weight excluding hydrogens is 320 g/mol. The monoisotopic (exact) mass is 346 g/mol. The van der Waals surface area contributed by atoms with Crippen LogP contribution >= 0.6 is 0 Å². The number of aliphatic carboxylic acids is 1. The highest BCUT2D eigenvalue weighted by atomic mass is 16.4. The van der Waals surface area contributed by atoms with Crippen molar-refractivity contribution in [2.45, 2.75) is 39.0 Å². The molecule has 1 saturated heterocycles. The van der Waals surface area contributed by atoms with E-state index in [2.05, 4.69) is 6.92 Å². The van der Waals surface area contributed by atoms with Crippen molar-refractivity contribution in [2.24, 2.45) is 0 Å². The first-order chi connectivity index (χ1) is 12.0. The first kappa shape index (κ1) is 19.0. The number of benzene rings is 1. The van der Waals surface area contributed by atoms with E-state index in [1.54, 1.807) is 9.80 Å². The number of rotatable bonds is 7. The highest BCUT2D eigenvalue weighted by molar-refractivity contribution is 5.94. The molecule has 1 N–H and O–H groups in total. The summed E-state index contributed by atoms with van der Waals surface area (Å²) in [5.74, 6) is -0.771. The second-order valence-electron chi connectivity index (χ2n) is 6.32. The summed E-state index contributed by atoms with van der Waals surface area (Å²) in [6.07, 6.45) is 2.54. The number of carbonyl (C=O) groups is 3. The van der Waals surface area contributed by atoms with E-state index in [4.69, 9.17) is 5.11 Å². The van der Waals surface area contributed by atoms with E-state index in [1.807, 2.05) is 24.3 Å². The zero-order valence-electron chi connectivity index (χ0n) is 14.7. The van der Waals surface area contributed by atoms with Crippen LogP contribution in [-0.4, -0.2) is 58.9 Å². The lowest BCUT2D eigenvalue weighted by atomic mass is 10.1. The first-order valence-corrected chi connectivity index (χ1v) is 8.89. The van der Waals surface area contributed by atoms with Crippen molar-refractivity contribution < 1.29 is 19.5 Å². The fourth-order valence-electron chi connectivity index (χ4n) is 2.94. The van der Waals surface area contributed by atoms with Gasteiger partial charge in [-0.1, -0.05) is 19.1 Å². The van der Waals surface area contributed by atoms with Crippen LogP contribution in [0.1, 0.15) is 48.5 Å². The third-order valence-corrected chi connectivity index (χ3v) is 4.56. The molecule has 0 atom stereocenters. The predicted octanol–water partition coefficient (Wildman–Crippen LogP) is 2.18. The molecule has 6 heteroatoms. The van der Waals surface area contributed by atoms with Crippen LogP contribution in [-0.2, 0) is 16.0 Å². The first-order valence-electron chi connectivity index (χ1n) is 8.89. The Balaban J connectivity index is 1.77. The molecule has 6 nitrogen and oxygen atoms in total. The highest BCUT2D eigenvalue weighted by Gasteiger charge is 2.24. The lowest BCUT2D eigenvalue weighted by Crippen LogP contribution is -2.50. The van der Waals surface area contributed by atoms with Gasteiger partial charge in [0.1, 0.15) is 0 Å². The molecule has 2 amide bonds. The van der Waals surface area contributed by atoms with Crippen LogP contribution in [0, 0.1) is 0 Å². The van der Waals surface area contributed by atoms with E-state index in [0.717, 1.165) is 6.42 Å². The van der Waals surface area contributed by atoms with Crippen molar-refractivity contribution in [1.82, 2.24) is 9.80 Å². The number of piperazine rings is 1. The normalized spacial score (nSPS) is 14.4. The van der Waals surface area contributed by atoms with E-state index in [0.29, 0.717) is 51.0 Å². The van der Waals surface area contributed by atoms with E-state index in [-0.39, 0.29) is 18.2 Å². The van der Waals surface area contributed by atoms with E-state index in [1.165, 1.54) is 5.56 Å². The molecule has 136 valence electrons. The maximum absolute atomic E-state index is 12.5. The van der Waals surface area contributed by atoms with Gasteiger partial charge in [-0.3, -0.25) is 14.4 Å². The standard InChI is InChI=1S/C19H26N2O4/c1-2-15-7-9-16(10-8-15)19(25)21-13-11-20(12-14-21)17(22)5-3-4-6-18(23)24/h7-10H,2-6,11-14H2,1H3,(H,23,24).